The first-order valence-electron chi connectivity index (χ1n) is 6.28. The van der Waals surface area contributed by atoms with Gasteiger partial charge in [0, 0.05) is 19.2 Å². The second-order valence-corrected chi connectivity index (χ2v) is 4.31. The third-order valence-corrected chi connectivity index (χ3v) is 2.56. The Morgan fingerprint density at radius 1 is 1.13 bits per heavy atom. The Bertz CT molecular complexity index is 129. The molecule has 0 unspecified atom stereocenters. The largest absolute Gasteiger partial charge is 0.396 e. The molecule has 3 heteroatoms. The van der Waals surface area contributed by atoms with Crippen LogP contribution < -0.4 is 5.32 Å². The molecule has 0 saturated heterocycles. The smallest absolute Gasteiger partial charge is 0.0443 e. The van der Waals surface area contributed by atoms with E-state index in [0.717, 1.165) is 32.6 Å². The molecule has 0 saturated carbocycles. The maximum atomic E-state index is 8.80. The molecular weight excluding hydrogens is 188 g/mol. The van der Waals surface area contributed by atoms with Gasteiger partial charge in [0.25, 0.3) is 0 Å². The van der Waals surface area contributed by atoms with E-state index in [4.69, 9.17) is 5.11 Å². The first-order valence-corrected chi connectivity index (χ1v) is 6.28. The van der Waals surface area contributed by atoms with Crippen LogP contribution in [0.1, 0.15) is 40.0 Å². The number of nitrogens with zero attached hydrogens (tertiary/aromatic N) is 1. The molecule has 2 N–H and O–H groups in total. The zero-order valence-corrected chi connectivity index (χ0v) is 10.6. The number of aliphatic hydroxyl groups excluding tert-OH is 1. The monoisotopic (exact) mass is 216 g/mol. The van der Waals surface area contributed by atoms with E-state index in [-0.39, 0.29) is 0 Å². The molecule has 0 fully saturated rings. The number of nitrogens with one attached hydrogen (secondary N) is 1. The molecule has 15 heavy (non-hydrogen) atoms. The summed E-state index contributed by atoms with van der Waals surface area (Å²) in [5.41, 5.74) is 0. The fourth-order valence-electron chi connectivity index (χ4n) is 1.61. The van der Waals surface area contributed by atoms with E-state index in [1.807, 2.05) is 0 Å². The molecule has 0 heterocycles. The van der Waals surface area contributed by atoms with Gasteiger partial charge in [-0.2, -0.15) is 0 Å². The summed E-state index contributed by atoms with van der Waals surface area (Å²) in [4.78, 5) is 2.43. The molecule has 0 atom stereocenters. The van der Waals surface area contributed by atoms with Gasteiger partial charge in [0.05, 0.1) is 0 Å². The second-order valence-electron chi connectivity index (χ2n) is 4.31. The van der Waals surface area contributed by atoms with Gasteiger partial charge in [-0.05, 0) is 52.7 Å². The van der Waals surface area contributed by atoms with E-state index in [9.17, 15) is 0 Å². The van der Waals surface area contributed by atoms with Gasteiger partial charge in [-0.3, -0.25) is 0 Å². The van der Waals surface area contributed by atoms with Crippen LogP contribution in [0.15, 0.2) is 0 Å². The Labute approximate surface area is 94.9 Å². The van der Waals surface area contributed by atoms with Crippen molar-refractivity contribution < 1.29 is 5.11 Å². The van der Waals surface area contributed by atoms with Crippen LogP contribution in [0.25, 0.3) is 0 Å². The normalized spacial score (nSPS) is 11.6. The number of aliphatic hydroxyl groups is 1. The summed E-state index contributed by atoms with van der Waals surface area (Å²) in [5, 5.41) is 12.2. The minimum atomic E-state index is 0.303. The van der Waals surface area contributed by atoms with E-state index in [0.29, 0.717) is 12.6 Å². The number of rotatable bonds is 10. The summed E-state index contributed by atoms with van der Waals surface area (Å²) in [6, 6.07) is 0.586. The van der Waals surface area contributed by atoms with Crippen LogP contribution in [0.5, 0.6) is 0 Å². The molecule has 0 aliphatic rings. The maximum Gasteiger partial charge on any atom is 0.0443 e. The van der Waals surface area contributed by atoms with Gasteiger partial charge in [-0.15, -0.1) is 0 Å². The molecule has 0 aromatic heterocycles. The van der Waals surface area contributed by atoms with Crippen LogP contribution in [0.3, 0.4) is 0 Å². The molecule has 92 valence electrons. The summed E-state index contributed by atoms with van der Waals surface area (Å²) in [6.45, 7) is 11.3. The van der Waals surface area contributed by atoms with Crippen molar-refractivity contribution in [2.45, 2.75) is 46.1 Å². The summed E-state index contributed by atoms with van der Waals surface area (Å²) in [5.74, 6) is 0. The maximum absolute atomic E-state index is 8.80. The quantitative estimate of drug-likeness (QED) is 0.543. The van der Waals surface area contributed by atoms with Gasteiger partial charge >= 0.3 is 0 Å². The first-order chi connectivity index (χ1) is 7.22. The Morgan fingerprint density at radius 3 is 2.33 bits per heavy atom. The summed E-state index contributed by atoms with van der Waals surface area (Å²) in [7, 11) is 0. The highest BCUT2D eigenvalue weighted by Gasteiger charge is 2.07. The highest BCUT2D eigenvalue weighted by molar-refractivity contribution is 4.63. The van der Waals surface area contributed by atoms with Crippen molar-refractivity contribution in [1.82, 2.24) is 10.2 Å². The molecule has 0 amide bonds. The van der Waals surface area contributed by atoms with Gasteiger partial charge in [-0.25, -0.2) is 0 Å². The predicted molar refractivity (Wildman–Crippen MR) is 66.2 cm³/mol. The number of hydrogen-bond donors (Lipinski definition) is 2. The SMILES string of the molecule is CCCNCCCN(CCCO)C(C)C. The lowest BCUT2D eigenvalue weighted by molar-refractivity contribution is 0.190. The number of hydrogen-bond acceptors (Lipinski definition) is 3. The molecule has 0 aliphatic heterocycles. The van der Waals surface area contributed by atoms with Gasteiger partial charge in [0.15, 0.2) is 0 Å². The molecule has 0 rings (SSSR count). The van der Waals surface area contributed by atoms with Crippen molar-refractivity contribution >= 4 is 0 Å². The first kappa shape index (κ1) is 14.9. The van der Waals surface area contributed by atoms with Crippen LogP contribution >= 0.6 is 0 Å². The average Bonchev–Trinajstić information content (AvgIpc) is 2.21. The van der Waals surface area contributed by atoms with Gasteiger partial charge in [0.2, 0.25) is 0 Å². The van der Waals surface area contributed by atoms with Crippen LogP contribution in [-0.2, 0) is 0 Å². The van der Waals surface area contributed by atoms with E-state index >= 15 is 0 Å². The van der Waals surface area contributed by atoms with Crippen LogP contribution in [0, 0.1) is 0 Å². The predicted octanol–water partition coefficient (Wildman–Crippen LogP) is 1.47. The van der Waals surface area contributed by atoms with Crippen molar-refractivity contribution in [2.24, 2.45) is 0 Å². The summed E-state index contributed by atoms with van der Waals surface area (Å²) < 4.78 is 0. The van der Waals surface area contributed by atoms with E-state index < -0.39 is 0 Å². The highest BCUT2D eigenvalue weighted by atomic mass is 16.3. The van der Waals surface area contributed by atoms with Gasteiger partial charge in [-0.1, -0.05) is 6.92 Å². The Hall–Kier alpha value is -0.120. The Morgan fingerprint density at radius 2 is 1.80 bits per heavy atom. The van der Waals surface area contributed by atoms with Gasteiger partial charge < -0.3 is 15.3 Å². The third kappa shape index (κ3) is 8.85. The van der Waals surface area contributed by atoms with Crippen LogP contribution in [0.4, 0.5) is 0 Å². The van der Waals surface area contributed by atoms with Crippen molar-refractivity contribution in [3.05, 3.63) is 0 Å². The molecule has 0 aromatic carbocycles. The van der Waals surface area contributed by atoms with Crippen molar-refractivity contribution in [2.75, 3.05) is 32.8 Å². The summed E-state index contributed by atoms with van der Waals surface area (Å²) >= 11 is 0. The third-order valence-electron chi connectivity index (χ3n) is 2.56. The lowest BCUT2D eigenvalue weighted by atomic mass is 10.2. The van der Waals surface area contributed by atoms with Crippen LogP contribution in [0.2, 0.25) is 0 Å². The second kappa shape index (κ2) is 10.4. The van der Waals surface area contributed by atoms with Gasteiger partial charge in [0.1, 0.15) is 0 Å². The molecule has 0 radical (unpaired) electrons. The standard InChI is InChI=1S/C12H28N2O/c1-4-7-13-8-5-9-14(12(2)3)10-6-11-15/h12-13,15H,4-11H2,1-3H3. The minimum absolute atomic E-state index is 0.303. The average molecular weight is 216 g/mol. The van der Waals surface area contributed by atoms with E-state index in [1.54, 1.807) is 0 Å². The molecular formula is C12H28N2O. The fourth-order valence-corrected chi connectivity index (χ4v) is 1.61. The Balaban J connectivity index is 3.48. The Kier molecular flexibility index (Phi) is 10.3. The molecule has 0 bridgehead atoms. The van der Waals surface area contributed by atoms with Crippen molar-refractivity contribution in [3.63, 3.8) is 0 Å². The molecule has 0 aromatic rings. The summed E-state index contributed by atoms with van der Waals surface area (Å²) in [6.07, 6.45) is 3.29. The lowest BCUT2D eigenvalue weighted by Gasteiger charge is -2.26. The molecule has 0 spiro atoms. The lowest BCUT2D eigenvalue weighted by Crippen LogP contribution is -2.34. The van der Waals surface area contributed by atoms with Crippen LogP contribution in [-0.4, -0.2) is 48.8 Å². The van der Waals surface area contributed by atoms with E-state index in [2.05, 4.69) is 31.0 Å². The van der Waals surface area contributed by atoms with Crippen molar-refractivity contribution in [1.29, 1.82) is 0 Å². The van der Waals surface area contributed by atoms with Crippen molar-refractivity contribution in [3.8, 4) is 0 Å². The minimum Gasteiger partial charge on any atom is -0.396 e. The molecule has 0 aliphatic carbocycles. The topological polar surface area (TPSA) is 35.5 Å². The fraction of sp³-hybridized carbons (Fsp3) is 1.00. The highest BCUT2D eigenvalue weighted by Crippen LogP contribution is 2.00. The molecule has 3 nitrogen and oxygen atoms in total. The zero-order valence-electron chi connectivity index (χ0n) is 10.6. The van der Waals surface area contributed by atoms with E-state index in [1.165, 1.54) is 12.8 Å². The zero-order chi connectivity index (χ0) is 11.5.